The first-order valence-corrected chi connectivity index (χ1v) is 8.47. The molecule has 0 saturated carbocycles. The third kappa shape index (κ3) is 3.82. The van der Waals surface area contributed by atoms with Gasteiger partial charge >= 0.3 is 10.1 Å². The standard InChI is InChI=1S/C17H17NO4S/c1-4-21-17-10-14(11-18)6-8-16(17)22-23(19,20)15-7-5-12(2)13(3)9-15/h5-10H,4H2,1-3H3. The van der Waals surface area contributed by atoms with Crippen LogP contribution in [0.2, 0.25) is 0 Å². The fourth-order valence-corrected chi connectivity index (χ4v) is 2.98. The molecule has 23 heavy (non-hydrogen) atoms. The predicted octanol–water partition coefficient (Wildman–Crippen LogP) is 3.34. The van der Waals surface area contributed by atoms with Crippen LogP contribution in [-0.2, 0) is 10.1 Å². The average molecular weight is 331 g/mol. The maximum absolute atomic E-state index is 12.4. The van der Waals surface area contributed by atoms with Crippen molar-refractivity contribution in [2.24, 2.45) is 0 Å². The van der Waals surface area contributed by atoms with Crippen LogP contribution in [0.4, 0.5) is 0 Å². The van der Waals surface area contributed by atoms with Gasteiger partial charge in [0.25, 0.3) is 0 Å². The van der Waals surface area contributed by atoms with E-state index in [0.717, 1.165) is 11.1 Å². The molecule has 2 aromatic rings. The molecule has 6 heteroatoms. The first kappa shape index (κ1) is 16.8. The molecule has 0 amide bonds. The van der Waals surface area contributed by atoms with Crippen LogP contribution in [0.5, 0.6) is 11.5 Å². The van der Waals surface area contributed by atoms with Gasteiger partial charge in [0.2, 0.25) is 0 Å². The molecular weight excluding hydrogens is 314 g/mol. The number of nitriles is 1. The van der Waals surface area contributed by atoms with Crippen molar-refractivity contribution in [3.05, 3.63) is 53.1 Å². The second kappa shape index (κ2) is 6.71. The summed E-state index contributed by atoms with van der Waals surface area (Å²) in [5, 5.41) is 8.92. The molecule has 5 nitrogen and oxygen atoms in total. The highest BCUT2D eigenvalue weighted by Crippen LogP contribution is 2.31. The maximum atomic E-state index is 12.4. The number of hydrogen-bond acceptors (Lipinski definition) is 5. The summed E-state index contributed by atoms with van der Waals surface area (Å²) in [6.45, 7) is 5.83. The minimum absolute atomic E-state index is 0.0593. The number of benzene rings is 2. The molecule has 2 rings (SSSR count). The van der Waals surface area contributed by atoms with Crippen LogP contribution < -0.4 is 8.92 Å². The van der Waals surface area contributed by atoms with Crippen molar-refractivity contribution in [3.63, 3.8) is 0 Å². The molecule has 0 heterocycles. The van der Waals surface area contributed by atoms with E-state index in [1.165, 1.54) is 24.3 Å². The second-order valence-corrected chi connectivity index (χ2v) is 6.54. The Bertz CT molecular complexity index is 867. The zero-order chi connectivity index (χ0) is 17.0. The van der Waals surface area contributed by atoms with Crippen molar-refractivity contribution in [2.75, 3.05) is 6.61 Å². The smallest absolute Gasteiger partial charge is 0.339 e. The molecule has 0 radical (unpaired) electrons. The third-order valence-electron chi connectivity index (χ3n) is 3.34. The molecule has 0 spiro atoms. The highest BCUT2D eigenvalue weighted by atomic mass is 32.2. The van der Waals surface area contributed by atoms with Gasteiger partial charge < -0.3 is 8.92 Å². The molecule has 0 bridgehead atoms. The van der Waals surface area contributed by atoms with Crippen molar-refractivity contribution in [1.29, 1.82) is 5.26 Å². The fourth-order valence-electron chi connectivity index (χ4n) is 1.95. The fraction of sp³-hybridized carbons (Fsp3) is 0.235. The van der Waals surface area contributed by atoms with Gasteiger partial charge in [-0.15, -0.1) is 0 Å². The Labute approximate surface area is 136 Å². The summed E-state index contributed by atoms with van der Waals surface area (Å²) in [5.74, 6) is 0.281. The van der Waals surface area contributed by atoms with E-state index in [9.17, 15) is 8.42 Å². The number of ether oxygens (including phenoxy) is 1. The Hall–Kier alpha value is -2.52. The van der Waals surface area contributed by atoms with E-state index in [1.807, 2.05) is 19.9 Å². The van der Waals surface area contributed by atoms with E-state index in [1.54, 1.807) is 19.1 Å². The summed E-state index contributed by atoms with van der Waals surface area (Å²) in [4.78, 5) is 0.0763. The summed E-state index contributed by atoms with van der Waals surface area (Å²) in [6.07, 6.45) is 0. The normalized spacial score (nSPS) is 10.9. The summed E-state index contributed by atoms with van der Waals surface area (Å²) in [5.41, 5.74) is 2.22. The van der Waals surface area contributed by atoms with Gasteiger partial charge in [-0.1, -0.05) is 6.07 Å². The van der Waals surface area contributed by atoms with Crippen LogP contribution in [0, 0.1) is 25.2 Å². The SMILES string of the molecule is CCOc1cc(C#N)ccc1OS(=O)(=O)c1ccc(C)c(C)c1. The minimum Gasteiger partial charge on any atom is -0.490 e. The molecule has 0 N–H and O–H groups in total. The number of rotatable bonds is 5. The van der Waals surface area contributed by atoms with Crippen LogP contribution in [0.25, 0.3) is 0 Å². The van der Waals surface area contributed by atoms with E-state index in [2.05, 4.69) is 0 Å². The third-order valence-corrected chi connectivity index (χ3v) is 4.57. The van der Waals surface area contributed by atoms with Gasteiger partial charge in [-0.2, -0.15) is 13.7 Å². The topological polar surface area (TPSA) is 76.4 Å². The summed E-state index contributed by atoms with van der Waals surface area (Å²) < 4.78 is 35.4. The Morgan fingerprint density at radius 2 is 1.78 bits per heavy atom. The molecule has 0 aliphatic rings. The Morgan fingerprint density at radius 1 is 1.04 bits per heavy atom. The van der Waals surface area contributed by atoms with Crippen LogP contribution in [0.3, 0.4) is 0 Å². The van der Waals surface area contributed by atoms with Crippen molar-refractivity contribution in [3.8, 4) is 17.6 Å². The van der Waals surface area contributed by atoms with E-state index < -0.39 is 10.1 Å². The molecular formula is C17H17NO4S. The number of nitrogens with zero attached hydrogens (tertiary/aromatic N) is 1. The Balaban J connectivity index is 2.40. The van der Waals surface area contributed by atoms with Crippen molar-refractivity contribution in [1.82, 2.24) is 0 Å². The highest BCUT2D eigenvalue weighted by molar-refractivity contribution is 7.87. The lowest BCUT2D eigenvalue weighted by atomic mass is 10.1. The van der Waals surface area contributed by atoms with Crippen LogP contribution in [0.15, 0.2) is 41.3 Å². The summed E-state index contributed by atoms with van der Waals surface area (Å²) in [6, 6.07) is 11.1. The Kier molecular flexibility index (Phi) is 4.92. The van der Waals surface area contributed by atoms with Crippen molar-refractivity contribution < 1.29 is 17.3 Å². The molecule has 0 atom stereocenters. The summed E-state index contributed by atoms with van der Waals surface area (Å²) in [7, 11) is -3.98. The van der Waals surface area contributed by atoms with E-state index >= 15 is 0 Å². The molecule has 0 unspecified atom stereocenters. The first-order chi connectivity index (χ1) is 10.9. The van der Waals surface area contributed by atoms with Gasteiger partial charge in [-0.3, -0.25) is 0 Å². The predicted molar refractivity (Wildman–Crippen MR) is 86.1 cm³/mol. The maximum Gasteiger partial charge on any atom is 0.339 e. The van der Waals surface area contributed by atoms with E-state index in [-0.39, 0.29) is 16.4 Å². The lowest BCUT2D eigenvalue weighted by Gasteiger charge is -2.12. The van der Waals surface area contributed by atoms with Crippen LogP contribution >= 0.6 is 0 Å². The molecule has 0 fully saturated rings. The zero-order valence-corrected chi connectivity index (χ0v) is 14.0. The van der Waals surface area contributed by atoms with Gasteiger partial charge in [0.1, 0.15) is 4.90 Å². The van der Waals surface area contributed by atoms with Gasteiger partial charge in [0.05, 0.1) is 18.2 Å². The van der Waals surface area contributed by atoms with Crippen LogP contribution in [-0.4, -0.2) is 15.0 Å². The lowest BCUT2D eigenvalue weighted by Crippen LogP contribution is -2.11. The molecule has 0 aliphatic carbocycles. The first-order valence-electron chi connectivity index (χ1n) is 7.06. The minimum atomic E-state index is -3.98. The molecule has 0 aliphatic heterocycles. The number of aryl methyl sites for hydroxylation is 2. The van der Waals surface area contributed by atoms with Crippen molar-refractivity contribution >= 4 is 10.1 Å². The monoisotopic (exact) mass is 331 g/mol. The largest absolute Gasteiger partial charge is 0.490 e. The van der Waals surface area contributed by atoms with Gasteiger partial charge in [0, 0.05) is 6.07 Å². The van der Waals surface area contributed by atoms with Crippen LogP contribution in [0.1, 0.15) is 23.6 Å². The quantitative estimate of drug-likeness (QED) is 0.785. The Morgan fingerprint density at radius 3 is 2.39 bits per heavy atom. The zero-order valence-electron chi connectivity index (χ0n) is 13.2. The molecule has 0 saturated heterocycles. The van der Waals surface area contributed by atoms with Gasteiger partial charge in [-0.25, -0.2) is 0 Å². The van der Waals surface area contributed by atoms with Crippen molar-refractivity contribution in [2.45, 2.75) is 25.7 Å². The average Bonchev–Trinajstić information content (AvgIpc) is 2.51. The number of hydrogen-bond donors (Lipinski definition) is 0. The lowest BCUT2D eigenvalue weighted by molar-refractivity contribution is 0.327. The highest BCUT2D eigenvalue weighted by Gasteiger charge is 2.20. The van der Waals surface area contributed by atoms with E-state index in [0.29, 0.717) is 12.2 Å². The molecule has 120 valence electrons. The second-order valence-electron chi connectivity index (χ2n) is 4.99. The van der Waals surface area contributed by atoms with Gasteiger partial charge in [0.15, 0.2) is 11.5 Å². The van der Waals surface area contributed by atoms with E-state index in [4.69, 9.17) is 14.2 Å². The van der Waals surface area contributed by atoms with Gasteiger partial charge in [-0.05, 0) is 56.2 Å². The molecule has 0 aromatic heterocycles. The molecule has 2 aromatic carbocycles. The summed E-state index contributed by atoms with van der Waals surface area (Å²) >= 11 is 0.